The van der Waals surface area contributed by atoms with Crippen LogP contribution in [0.3, 0.4) is 0 Å². The van der Waals surface area contributed by atoms with Crippen molar-refractivity contribution in [2.45, 2.75) is 13.5 Å². The summed E-state index contributed by atoms with van der Waals surface area (Å²) >= 11 is 0. The molecule has 0 bridgehead atoms. The van der Waals surface area contributed by atoms with Gasteiger partial charge in [-0.25, -0.2) is 17.6 Å². The standard InChI is InChI=1S/C12H11F4N3/c1-6-7(5-18-19(6)2)4-17-12-10(15)8(13)3-9(14)11(12)16/h3,5,17H,4H2,1-2H3. The molecule has 2 rings (SSSR count). The Morgan fingerprint density at radius 1 is 1.16 bits per heavy atom. The summed E-state index contributed by atoms with van der Waals surface area (Å²) in [5.41, 5.74) is 0.636. The van der Waals surface area contributed by atoms with Crippen molar-refractivity contribution in [3.8, 4) is 0 Å². The van der Waals surface area contributed by atoms with Crippen LogP contribution >= 0.6 is 0 Å². The average Bonchev–Trinajstić information content (AvgIpc) is 2.68. The number of halogens is 4. The molecule has 1 aromatic carbocycles. The normalized spacial score (nSPS) is 10.8. The average molecular weight is 273 g/mol. The van der Waals surface area contributed by atoms with Crippen molar-refractivity contribution in [1.29, 1.82) is 0 Å². The predicted molar refractivity (Wildman–Crippen MR) is 61.5 cm³/mol. The molecule has 0 aliphatic heterocycles. The predicted octanol–water partition coefficient (Wildman–Crippen LogP) is 2.90. The van der Waals surface area contributed by atoms with Crippen LogP contribution in [0.1, 0.15) is 11.3 Å². The van der Waals surface area contributed by atoms with Gasteiger partial charge in [-0.2, -0.15) is 5.10 Å². The van der Waals surface area contributed by atoms with E-state index in [0.29, 0.717) is 5.56 Å². The first-order chi connectivity index (χ1) is 8.91. The second kappa shape index (κ2) is 4.91. The van der Waals surface area contributed by atoms with Crippen molar-refractivity contribution in [3.05, 3.63) is 46.8 Å². The van der Waals surface area contributed by atoms with E-state index in [2.05, 4.69) is 10.4 Å². The third-order valence-corrected chi connectivity index (χ3v) is 2.90. The largest absolute Gasteiger partial charge is 0.376 e. The Bertz CT molecular complexity index is 596. The molecule has 19 heavy (non-hydrogen) atoms. The molecule has 3 nitrogen and oxygen atoms in total. The molecule has 0 spiro atoms. The van der Waals surface area contributed by atoms with E-state index < -0.39 is 29.0 Å². The number of rotatable bonds is 3. The van der Waals surface area contributed by atoms with Gasteiger partial charge in [0.2, 0.25) is 0 Å². The maximum absolute atomic E-state index is 13.4. The van der Waals surface area contributed by atoms with E-state index in [-0.39, 0.29) is 12.6 Å². The lowest BCUT2D eigenvalue weighted by atomic mass is 10.2. The lowest BCUT2D eigenvalue weighted by Gasteiger charge is -2.09. The van der Waals surface area contributed by atoms with Crippen LogP contribution in [-0.2, 0) is 13.6 Å². The Balaban J connectivity index is 2.27. The van der Waals surface area contributed by atoms with Gasteiger partial charge in [0.15, 0.2) is 23.3 Å². The Hall–Kier alpha value is -2.05. The van der Waals surface area contributed by atoms with Crippen LogP contribution in [0.5, 0.6) is 0 Å². The number of aryl methyl sites for hydroxylation is 1. The molecule has 0 fully saturated rings. The Labute approximate surface area is 106 Å². The maximum Gasteiger partial charge on any atom is 0.185 e. The van der Waals surface area contributed by atoms with E-state index in [1.54, 1.807) is 18.7 Å². The van der Waals surface area contributed by atoms with Crippen LogP contribution in [0.2, 0.25) is 0 Å². The van der Waals surface area contributed by atoms with Gasteiger partial charge in [0.05, 0.1) is 6.20 Å². The second-order valence-electron chi connectivity index (χ2n) is 4.08. The first kappa shape index (κ1) is 13.4. The Morgan fingerprint density at radius 3 is 2.21 bits per heavy atom. The molecule has 7 heteroatoms. The van der Waals surface area contributed by atoms with E-state index in [1.165, 1.54) is 6.20 Å². The minimum atomic E-state index is -1.44. The van der Waals surface area contributed by atoms with E-state index in [4.69, 9.17) is 0 Å². The lowest BCUT2D eigenvalue weighted by Crippen LogP contribution is -2.08. The number of aromatic nitrogens is 2. The quantitative estimate of drug-likeness (QED) is 0.688. The zero-order valence-electron chi connectivity index (χ0n) is 10.3. The van der Waals surface area contributed by atoms with Crippen molar-refractivity contribution >= 4 is 5.69 Å². The van der Waals surface area contributed by atoms with Gasteiger partial charge >= 0.3 is 0 Å². The van der Waals surface area contributed by atoms with Crippen molar-refractivity contribution < 1.29 is 17.6 Å². The highest BCUT2D eigenvalue weighted by molar-refractivity contribution is 5.47. The molecule has 0 radical (unpaired) electrons. The summed E-state index contributed by atoms with van der Waals surface area (Å²) in [5.74, 6) is -5.77. The highest BCUT2D eigenvalue weighted by Gasteiger charge is 2.19. The first-order valence-electron chi connectivity index (χ1n) is 5.46. The summed E-state index contributed by atoms with van der Waals surface area (Å²) in [5, 5.41) is 6.30. The third-order valence-electron chi connectivity index (χ3n) is 2.90. The van der Waals surface area contributed by atoms with E-state index >= 15 is 0 Å². The molecular formula is C12H11F4N3. The second-order valence-corrected chi connectivity index (χ2v) is 4.08. The van der Waals surface area contributed by atoms with Crippen LogP contribution < -0.4 is 5.32 Å². The minimum absolute atomic E-state index is 0.0103. The number of anilines is 1. The molecule has 1 N–H and O–H groups in total. The number of hydrogen-bond acceptors (Lipinski definition) is 2. The lowest BCUT2D eigenvalue weighted by molar-refractivity contribution is 0.458. The summed E-state index contributed by atoms with van der Waals surface area (Å²) in [6.45, 7) is 1.78. The van der Waals surface area contributed by atoms with Crippen LogP contribution in [0.4, 0.5) is 23.2 Å². The van der Waals surface area contributed by atoms with Gasteiger partial charge in [-0.3, -0.25) is 4.68 Å². The Kier molecular flexibility index (Phi) is 3.46. The molecule has 0 unspecified atom stereocenters. The van der Waals surface area contributed by atoms with Gasteiger partial charge < -0.3 is 5.32 Å². The molecular weight excluding hydrogens is 262 g/mol. The van der Waals surface area contributed by atoms with Crippen LogP contribution in [-0.4, -0.2) is 9.78 Å². The van der Waals surface area contributed by atoms with Gasteiger partial charge in [0, 0.05) is 30.9 Å². The van der Waals surface area contributed by atoms with Crippen LogP contribution in [0.25, 0.3) is 0 Å². The van der Waals surface area contributed by atoms with Gasteiger partial charge in [-0.1, -0.05) is 0 Å². The van der Waals surface area contributed by atoms with Crippen molar-refractivity contribution in [3.63, 3.8) is 0 Å². The first-order valence-corrected chi connectivity index (χ1v) is 5.46. The van der Waals surface area contributed by atoms with Crippen molar-refractivity contribution in [1.82, 2.24) is 9.78 Å². The number of hydrogen-bond donors (Lipinski definition) is 1. The Morgan fingerprint density at radius 2 is 1.74 bits per heavy atom. The smallest absolute Gasteiger partial charge is 0.185 e. The summed E-state index contributed by atoms with van der Waals surface area (Å²) in [6, 6.07) is 0.172. The fourth-order valence-electron chi connectivity index (χ4n) is 1.63. The van der Waals surface area contributed by atoms with Gasteiger partial charge in [0.25, 0.3) is 0 Å². The molecule has 1 heterocycles. The summed E-state index contributed by atoms with van der Waals surface area (Å²) in [6.07, 6.45) is 1.51. The van der Waals surface area contributed by atoms with Gasteiger partial charge in [0.1, 0.15) is 5.69 Å². The summed E-state index contributed by atoms with van der Waals surface area (Å²) < 4.78 is 54.3. The summed E-state index contributed by atoms with van der Waals surface area (Å²) in [7, 11) is 1.71. The SMILES string of the molecule is Cc1c(CNc2c(F)c(F)cc(F)c2F)cnn1C. The molecule has 102 valence electrons. The van der Waals surface area contributed by atoms with E-state index in [9.17, 15) is 17.6 Å². The van der Waals surface area contributed by atoms with Crippen molar-refractivity contribution in [2.75, 3.05) is 5.32 Å². The third kappa shape index (κ3) is 2.40. The molecule has 0 saturated heterocycles. The number of nitrogens with zero attached hydrogens (tertiary/aromatic N) is 2. The molecule has 0 saturated carbocycles. The molecule has 0 atom stereocenters. The summed E-state index contributed by atoms with van der Waals surface area (Å²) in [4.78, 5) is 0. The van der Waals surface area contributed by atoms with Gasteiger partial charge in [-0.15, -0.1) is 0 Å². The molecule has 0 aliphatic rings. The molecule has 1 aromatic heterocycles. The fraction of sp³-hybridized carbons (Fsp3) is 0.250. The van der Waals surface area contributed by atoms with E-state index in [0.717, 1.165) is 5.69 Å². The van der Waals surface area contributed by atoms with Crippen LogP contribution in [0, 0.1) is 30.2 Å². The maximum atomic E-state index is 13.4. The zero-order chi connectivity index (χ0) is 14.2. The number of nitrogens with one attached hydrogen (secondary N) is 1. The number of benzene rings is 1. The molecule has 0 amide bonds. The van der Waals surface area contributed by atoms with E-state index in [1.807, 2.05) is 0 Å². The zero-order valence-corrected chi connectivity index (χ0v) is 10.3. The molecule has 2 aromatic rings. The minimum Gasteiger partial charge on any atom is -0.376 e. The fourth-order valence-corrected chi connectivity index (χ4v) is 1.63. The monoisotopic (exact) mass is 273 g/mol. The van der Waals surface area contributed by atoms with Crippen LogP contribution in [0.15, 0.2) is 12.3 Å². The van der Waals surface area contributed by atoms with Gasteiger partial charge in [-0.05, 0) is 6.92 Å². The topological polar surface area (TPSA) is 29.9 Å². The van der Waals surface area contributed by atoms with Crippen molar-refractivity contribution in [2.24, 2.45) is 7.05 Å². The molecule has 0 aliphatic carbocycles. The highest BCUT2D eigenvalue weighted by atomic mass is 19.2. The highest BCUT2D eigenvalue weighted by Crippen LogP contribution is 2.24.